The first-order valence-electron chi connectivity index (χ1n) is 5.98. The number of furan rings is 1. The molecule has 1 rings (SSSR count). The lowest BCUT2D eigenvalue weighted by Crippen LogP contribution is -3.11. The van der Waals surface area contributed by atoms with E-state index in [1.165, 1.54) is 11.0 Å². The van der Waals surface area contributed by atoms with Crippen LogP contribution in [0.5, 0.6) is 0 Å². The van der Waals surface area contributed by atoms with Crippen LogP contribution in [-0.4, -0.2) is 32.2 Å². The summed E-state index contributed by atoms with van der Waals surface area (Å²) in [5, 5.41) is 0. The highest BCUT2D eigenvalue weighted by Gasteiger charge is 2.04. The highest BCUT2D eigenvalue weighted by molar-refractivity contribution is 5.86. The minimum atomic E-state index is -0.326. The third-order valence-electron chi connectivity index (χ3n) is 2.63. The molecule has 0 bridgehead atoms. The number of rotatable bonds is 7. The molecular formula is C13H20NO3+. The van der Waals surface area contributed by atoms with Crippen molar-refractivity contribution in [2.45, 2.75) is 13.8 Å². The molecule has 17 heavy (non-hydrogen) atoms. The number of ether oxygens (including phenoxy) is 1. The van der Waals surface area contributed by atoms with Crippen LogP contribution >= 0.6 is 0 Å². The maximum Gasteiger partial charge on any atom is 0.331 e. The van der Waals surface area contributed by atoms with Crippen LogP contribution in [-0.2, 0) is 9.53 Å². The van der Waals surface area contributed by atoms with Crippen molar-refractivity contribution in [1.82, 2.24) is 0 Å². The van der Waals surface area contributed by atoms with E-state index < -0.39 is 0 Å². The number of esters is 1. The summed E-state index contributed by atoms with van der Waals surface area (Å²) in [6.45, 7) is 7.66. The Labute approximate surface area is 102 Å². The summed E-state index contributed by atoms with van der Waals surface area (Å²) in [6.07, 6.45) is 4.55. The van der Waals surface area contributed by atoms with Crippen LogP contribution in [0.25, 0.3) is 6.08 Å². The van der Waals surface area contributed by atoms with Gasteiger partial charge in [-0.15, -0.1) is 0 Å². The van der Waals surface area contributed by atoms with Crippen LogP contribution in [0.15, 0.2) is 28.9 Å². The number of nitrogens with one attached hydrogen (secondary N) is 1. The van der Waals surface area contributed by atoms with E-state index in [0.717, 1.165) is 19.6 Å². The molecule has 0 aliphatic heterocycles. The molecule has 0 unspecified atom stereocenters. The summed E-state index contributed by atoms with van der Waals surface area (Å²) in [6, 6.07) is 3.55. The van der Waals surface area contributed by atoms with Crippen molar-refractivity contribution in [3.8, 4) is 0 Å². The van der Waals surface area contributed by atoms with Crippen LogP contribution in [0.1, 0.15) is 19.6 Å². The Morgan fingerprint density at radius 1 is 1.47 bits per heavy atom. The maximum absolute atomic E-state index is 11.3. The molecule has 1 aromatic rings. The van der Waals surface area contributed by atoms with E-state index in [1.54, 1.807) is 24.5 Å². The van der Waals surface area contributed by atoms with Crippen molar-refractivity contribution in [3.05, 3.63) is 30.2 Å². The molecule has 0 aliphatic rings. The topological polar surface area (TPSA) is 43.9 Å². The van der Waals surface area contributed by atoms with E-state index in [9.17, 15) is 4.79 Å². The molecule has 0 saturated heterocycles. The summed E-state index contributed by atoms with van der Waals surface area (Å²) in [5.41, 5.74) is 0. The van der Waals surface area contributed by atoms with Gasteiger partial charge in [0.15, 0.2) is 0 Å². The molecule has 0 saturated carbocycles. The van der Waals surface area contributed by atoms with Crippen molar-refractivity contribution in [1.29, 1.82) is 0 Å². The Balaban J connectivity index is 2.21. The highest BCUT2D eigenvalue weighted by atomic mass is 16.5. The molecule has 0 spiro atoms. The quantitative estimate of drug-likeness (QED) is 0.563. The summed E-state index contributed by atoms with van der Waals surface area (Å²) in [4.78, 5) is 12.8. The van der Waals surface area contributed by atoms with E-state index in [1.807, 2.05) is 0 Å². The molecule has 4 nitrogen and oxygen atoms in total. The zero-order valence-electron chi connectivity index (χ0n) is 10.4. The fraction of sp³-hybridized carbons (Fsp3) is 0.462. The van der Waals surface area contributed by atoms with Gasteiger partial charge in [0.2, 0.25) is 0 Å². The number of hydrogen-bond donors (Lipinski definition) is 1. The molecule has 1 N–H and O–H groups in total. The average molecular weight is 238 g/mol. The second kappa shape index (κ2) is 7.68. The van der Waals surface area contributed by atoms with Crippen LogP contribution in [0.3, 0.4) is 0 Å². The van der Waals surface area contributed by atoms with Crippen molar-refractivity contribution < 1.29 is 18.8 Å². The smallest absolute Gasteiger partial charge is 0.331 e. The van der Waals surface area contributed by atoms with Gasteiger partial charge in [-0.3, -0.25) is 0 Å². The lowest BCUT2D eigenvalue weighted by atomic mass is 10.4. The van der Waals surface area contributed by atoms with Gasteiger partial charge < -0.3 is 14.1 Å². The number of carbonyl (C=O) groups excluding carboxylic acids is 1. The van der Waals surface area contributed by atoms with Crippen LogP contribution in [0.4, 0.5) is 0 Å². The first-order valence-corrected chi connectivity index (χ1v) is 5.98. The lowest BCUT2D eigenvalue weighted by Gasteiger charge is -2.14. The lowest BCUT2D eigenvalue weighted by molar-refractivity contribution is -0.896. The van der Waals surface area contributed by atoms with Gasteiger partial charge in [-0.2, -0.15) is 0 Å². The first kappa shape index (κ1) is 13.5. The Morgan fingerprint density at radius 2 is 2.24 bits per heavy atom. The minimum Gasteiger partial charge on any atom is -0.465 e. The Morgan fingerprint density at radius 3 is 2.82 bits per heavy atom. The number of likely N-dealkylation sites (N-methyl/N-ethyl adjacent to an activating group) is 1. The van der Waals surface area contributed by atoms with Crippen molar-refractivity contribution >= 4 is 12.0 Å². The second-order valence-electron chi connectivity index (χ2n) is 3.72. The molecule has 0 atom stereocenters. The largest absolute Gasteiger partial charge is 0.465 e. The van der Waals surface area contributed by atoms with Gasteiger partial charge in [0.1, 0.15) is 18.9 Å². The highest BCUT2D eigenvalue weighted by Crippen LogP contribution is 2.01. The predicted octanol–water partition coefficient (Wildman–Crippen LogP) is 0.761. The van der Waals surface area contributed by atoms with E-state index in [2.05, 4.69) is 13.8 Å². The van der Waals surface area contributed by atoms with Crippen LogP contribution in [0.2, 0.25) is 0 Å². The maximum atomic E-state index is 11.3. The summed E-state index contributed by atoms with van der Waals surface area (Å²) in [7, 11) is 0. The van der Waals surface area contributed by atoms with Crippen LogP contribution in [0, 0.1) is 0 Å². The van der Waals surface area contributed by atoms with E-state index >= 15 is 0 Å². The van der Waals surface area contributed by atoms with Gasteiger partial charge in [0.25, 0.3) is 0 Å². The molecule has 94 valence electrons. The molecule has 0 aliphatic carbocycles. The molecular weight excluding hydrogens is 218 g/mol. The fourth-order valence-corrected chi connectivity index (χ4v) is 1.48. The standard InChI is InChI=1S/C13H19NO3/c1-3-14(4-2)9-11-17-13(15)8-7-12-6-5-10-16-12/h5-8,10H,3-4,9,11H2,1-2H3/p+1/b8-7+. The number of quaternary nitrogens is 1. The van der Waals surface area contributed by atoms with E-state index in [4.69, 9.17) is 9.15 Å². The second-order valence-corrected chi connectivity index (χ2v) is 3.72. The summed E-state index contributed by atoms with van der Waals surface area (Å²) in [5.74, 6) is 0.323. The number of carbonyl (C=O) groups is 1. The summed E-state index contributed by atoms with van der Waals surface area (Å²) >= 11 is 0. The zero-order chi connectivity index (χ0) is 12.5. The van der Waals surface area contributed by atoms with Gasteiger partial charge in [-0.1, -0.05) is 0 Å². The Bertz CT molecular complexity index is 340. The van der Waals surface area contributed by atoms with Gasteiger partial charge in [0, 0.05) is 6.08 Å². The SMILES string of the molecule is CC[NH+](CC)CCOC(=O)/C=C/c1ccco1. The fourth-order valence-electron chi connectivity index (χ4n) is 1.48. The average Bonchev–Trinajstić information content (AvgIpc) is 2.85. The van der Waals surface area contributed by atoms with Crippen molar-refractivity contribution in [2.24, 2.45) is 0 Å². The van der Waals surface area contributed by atoms with Crippen molar-refractivity contribution in [2.75, 3.05) is 26.2 Å². The third kappa shape index (κ3) is 5.36. The third-order valence-corrected chi connectivity index (χ3v) is 2.63. The predicted molar refractivity (Wildman–Crippen MR) is 65.6 cm³/mol. The van der Waals surface area contributed by atoms with Gasteiger partial charge in [-0.05, 0) is 32.1 Å². The van der Waals surface area contributed by atoms with E-state index in [0.29, 0.717) is 12.4 Å². The molecule has 1 aromatic heterocycles. The van der Waals surface area contributed by atoms with Gasteiger partial charge in [-0.25, -0.2) is 4.79 Å². The molecule has 0 amide bonds. The summed E-state index contributed by atoms with van der Waals surface area (Å²) < 4.78 is 10.1. The monoisotopic (exact) mass is 238 g/mol. The molecule has 1 heterocycles. The molecule has 0 radical (unpaired) electrons. The van der Waals surface area contributed by atoms with Crippen molar-refractivity contribution in [3.63, 3.8) is 0 Å². The van der Waals surface area contributed by atoms with E-state index in [-0.39, 0.29) is 5.97 Å². The zero-order valence-corrected chi connectivity index (χ0v) is 10.4. The first-order chi connectivity index (χ1) is 8.26. The van der Waals surface area contributed by atoms with Crippen LogP contribution < -0.4 is 4.90 Å². The number of hydrogen-bond acceptors (Lipinski definition) is 3. The van der Waals surface area contributed by atoms with Gasteiger partial charge >= 0.3 is 5.97 Å². The minimum absolute atomic E-state index is 0.326. The normalized spacial score (nSPS) is 11.2. The molecule has 4 heteroatoms. The Hall–Kier alpha value is -1.55. The molecule has 0 fully saturated rings. The van der Waals surface area contributed by atoms with Gasteiger partial charge in [0.05, 0.1) is 19.4 Å². The Kier molecular flexibility index (Phi) is 6.10. The molecule has 0 aromatic carbocycles.